The van der Waals surface area contributed by atoms with E-state index in [1.807, 2.05) is 12.1 Å². The maximum atomic E-state index is 12.4. The van der Waals surface area contributed by atoms with Crippen LogP contribution in [0.2, 0.25) is 0 Å². The number of ether oxygens (including phenoxy) is 2. The lowest BCUT2D eigenvalue weighted by molar-refractivity contribution is -0.0485. The van der Waals surface area contributed by atoms with Crippen LogP contribution in [0.25, 0.3) is 11.3 Å². The molecule has 4 heterocycles. The van der Waals surface area contributed by atoms with E-state index in [4.69, 9.17) is 9.47 Å². The minimum atomic E-state index is -0.297. The number of aryl methyl sites for hydroxylation is 1. The van der Waals surface area contributed by atoms with E-state index >= 15 is 0 Å². The van der Waals surface area contributed by atoms with Crippen molar-refractivity contribution in [3.8, 4) is 22.9 Å². The van der Waals surface area contributed by atoms with Gasteiger partial charge in [0.1, 0.15) is 18.0 Å². The van der Waals surface area contributed by atoms with Crippen molar-refractivity contribution in [3.05, 3.63) is 40.3 Å². The van der Waals surface area contributed by atoms with Gasteiger partial charge in [0.25, 0.3) is 0 Å². The van der Waals surface area contributed by atoms with Crippen molar-refractivity contribution in [2.24, 2.45) is 5.41 Å². The Hall–Kier alpha value is -2.34. The molecule has 6 rings (SSSR count). The molecule has 1 N–H and O–H groups in total. The lowest BCUT2D eigenvalue weighted by Crippen LogP contribution is -2.47. The van der Waals surface area contributed by atoms with E-state index in [0.717, 1.165) is 36.3 Å². The highest BCUT2D eigenvalue weighted by Crippen LogP contribution is 2.57. The third-order valence-electron chi connectivity index (χ3n) is 5.67. The summed E-state index contributed by atoms with van der Waals surface area (Å²) in [6.07, 6.45) is 2.71. The Bertz CT molecular complexity index is 928. The largest absolute Gasteiger partial charge is 0.508 e. The first kappa shape index (κ1) is 15.0. The van der Waals surface area contributed by atoms with Crippen LogP contribution >= 0.6 is 0 Å². The Morgan fingerprint density at radius 3 is 2.96 bits per heavy atom. The number of phenolic OH excluding ortho intramolecular Hbond substituents is 1. The van der Waals surface area contributed by atoms with Crippen LogP contribution in [0.4, 0.5) is 0 Å². The van der Waals surface area contributed by atoms with E-state index < -0.39 is 0 Å². The summed E-state index contributed by atoms with van der Waals surface area (Å²) in [7, 11) is 0. The molecule has 0 radical (unpaired) electrons. The van der Waals surface area contributed by atoms with Gasteiger partial charge in [0, 0.05) is 18.2 Å². The highest BCUT2D eigenvalue weighted by molar-refractivity contribution is 5.67. The molecular formula is C19H20N2O4. The molecule has 2 saturated heterocycles. The number of aromatic nitrogens is 2. The first-order valence-corrected chi connectivity index (χ1v) is 8.66. The van der Waals surface area contributed by atoms with Gasteiger partial charge < -0.3 is 14.6 Å². The summed E-state index contributed by atoms with van der Waals surface area (Å²) in [6, 6.07) is 7.06. The lowest BCUT2D eigenvalue weighted by Gasteiger charge is -2.41. The quantitative estimate of drug-likeness (QED) is 0.926. The molecule has 1 aliphatic carbocycles. The van der Waals surface area contributed by atoms with Crippen LogP contribution in [0.15, 0.2) is 29.1 Å². The molecule has 25 heavy (non-hydrogen) atoms. The van der Waals surface area contributed by atoms with Crippen LogP contribution in [-0.2, 0) is 17.7 Å². The average Bonchev–Trinajstić information content (AvgIpc) is 3.06. The Kier molecular flexibility index (Phi) is 2.90. The molecule has 1 aromatic carbocycles. The molecule has 3 fully saturated rings. The number of hydrogen-bond donors (Lipinski definition) is 1. The summed E-state index contributed by atoms with van der Waals surface area (Å²) in [5.74, 6) is 0.584. The second kappa shape index (κ2) is 4.85. The smallest absolute Gasteiger partial charge is 0.351 e. The number of hydrogen-bond acceptors (Lipinski definition) is 5. The topological polar surface area (TPSA) is 73.6 Å². The van der Waals surface area contributed by atoms with Crippen molar-refractivity contribution >= 4 is 0 Å². The van der Waals surface area contributed by atoms with Gasteiger partial charge in [0.05, 0.1) is 12.3 Å². The predicted octanol–water partition coefficient (Wildman–Crippen LogP) is 2.12. The van der Waals surface area contributed by atoms with Gasteiger partial charge in [-0.3, -0.25) is 4.57 Å². The van der Waals surface area contributed by atoms with Crippen LogP contribution in [-0.4, -0.2) is 33.5 Å². The summed E-state index contributed by atoms with van der Waals surface area (Å²) >= 11 is 0. The van der Waals surface area contributed by atoms with Crippen LogP contribution in [0, 0.1) is 5.41 Å². The molecule has 0 atom stereocenters. The Balaban J connectivity index is 1.45. The fourth-order valence-electron chi connectivity index (χ4n) is 4.65. The zero-order valence-electron chi connectivity index (χ0n) is 14.1. The number of phenols is 1. The first-order valence-electron chi connectivity index (χ1n) is 8.66. The average molecular weight is 340 g/mol. The van der Waals surface area contributed by atoms with Gasteiger partial charge in [-0.1, -0.05) is 6.92 Å². The van der Waals surface area contributed by atoms with Gasteiger partial charge in [0.2, 0.25) is 5.88 Å². The van der Waals surface area contributed by atoms with Crippen molar-refractivity contribution in [1.29, 1.82) is 0 Å². The van der Waals surface area contributed by atoms with Crippen LogP contribution in [0.1, 0.15) is 25.3 Å². The second-order valence-corrected chi connectivity index (χ2v) is 7.93. The van der Waals surface area contributed by atoms with Crippen molar-refractivity contribution in [2.45, 2.75) is 38.3 Å². The Morgan fingerprint density at radius 2 is 2.20 bits per heavy atom. The molecule has 0 unspecified atom stereocenters. The molecule has 0 spiro atoms. The molecule has 2 aromatic rings. The minimum Gasteiger partial charge on any atom is -0.508 e. The lowest BCUT2D eigenvalue weighted by atomic mass is 9.64. The first-order chi connectivity index (χ1) is 12.0. The fourth-order valence-corrected chi connectivity index (χ4v) is 4.65. The van der Waals surface area contributed by atoms with Gasteiger partial charge in [0.15, 0.2) is 0 Å². The highest BCUT2D eigenvalue weighted by Gasteiger charge is 2.60. The molecule has 6 nitrogen and oxygen atoms in total. The summed E-state index contributed by atoms with van der Waals surface area (Å²) in [5, 5.41) is 9.69. The number of benzene rings is 1. The van der Waals surface area contributed by atoms with E-state index in [0.29, 0.717) is 30.9 Å². The molecular weight excluding hydrogens is 320 g/mol. The second-order valence-electron chi connectivity index (χ2n) is 7.93. The zero-order chi connectivity index (χ0) is 17.2. The molecule has 3 aliphatic heterocycles. The van der Waals surface area contributed by atoms with Gasteiger partial charge in [-0.25, -0.2) is 4.79 Å². The SMILES string of the molecule is CC12COC(COc3cc4n(c(=O)n3)CCc3cc(O)ccc3-4)(C1)C2. The van der Waals surface area contributed by atoms with E-state index in [2.05, 4.69) is 11.9 Å². The third-order valence-corrected chi connectivity index (χ3v) is 5.67. The molecule has 130 valence electrons. The maximum Gasteiger partial charge on any atom is 0.351 e. The maximum absolute atomic E-state index is 12.4. The zero-order valence-corrected chi connectivity index (χ0v) is 14.1. The van der Waals surface area contributed by atoms with Crippen LogP contribution in [0.3, 0.4) is 0 Å². The van der Waals surface area contributed by atoms with Gasteiger partial charge in [-0.2, -0.15) is 4.98 Å². The number of fused-ring (bicyclic) bond motifs is 4. The monoisotopic (exact) mass is 340 g/mol. The van der Waals surface area contributed by atoms with Gasteiger partial charge in [-0.15, -0.1) is 0 Å². The van der Waals surface area contributed by atoms with E-state index in [1.54, 1.807) is 16.7 Å². The number of rotatable bonds is 3. The number of nitrogens with zero attached hydrogens (tertiary/aromatic N) is 2. The van der Waals surface area contributed by atoms with Crippen molar-refractivity contribution in [3.63, 3.8) is 0 Å². The fraction of sp³-hybridized carbons (Fsp3) is 0.474. The predicted molar refractivity (Wildman–Crippen MR) is 90.8 cm³/mol. The van der Waals surface area contributed by atoms with Crippen molar-refractivity contribution in [1.82, 2.24) is 9.55 Å². The highest BCUT2D eigenvalue weighted by atomic mass is 16.6. The molecule has 1 aromatic heterocycles. The van der Waals surface area contributed by atoms with E-state index in [-0.39, 0.29) is 17.0 Å². The van der Waals surface area contributed by atoms with Crippen LogP contribution in [0.5, 0.6) is 11.6 Å². The Labute approximate surface area is 145 Å². The van der Waals surface area contributed by atoms with Crippen molar-refractivity contribution in [2.75, 3.05) is 13.2 Å². The standard InChI is InChI=1S/C19H20N2O4/c1-18-8-19(9-18,25-10-18)11-24-16-7-15-14-3-2-13(22)6-12(14)4-5-21(15)17(23)20-16/h2-3,6-7,22H,4-5,8-11H2,1H3. The molecule has 4 aliphatic rings. The van der Waals surface area contributed by atoms with E-state index in [1.165, 1.54) is 0 Å². The summed E-state index contributed by atoms with van der Waals surface area (Å²) in [5.41, 5.74) is 2.57. The van der Waals surface area contributed by atoms with E-state index in [9.17, 15) is 9.90 Å². The normalized spacial score (nSPS) is 28.8. The Morgan fingerprint density at radius 1 is 1.36 bits per heavy atom. The van der Waals surface area contributed by atoms with Gasteiger partial charge in [-0.05, 0) is 48.4 Å². The van der Waals surface area contributed by atoms with Crippen molar-refractivity contribution < 1.29 is 14.6 Å². The molecule has 2 bridgehead atoms. The molecule has 0 amide bonds. The summed E-state index contributed by atoms with van der Waals surface area (Å²) in [6.45, 7) is 4.01. The third kappa shape index (κ3) is 2.28. The van der Waals surface area contributed by atoms with Crippen LogP contribution < -0.4 is 10.4 Å². The van der Waals surface area contributed by atoms with Gasteiger partial charge >= 0.3 is 5.69 Å². The molecule has 1 saturated carbocycles. The summed E-state index contributed by atoms with van der Waals surface area (Å²) in [4.78, 5) is 16.5. The minimum absolute atomic E-state index is 0.202. The summed E-state index contributed by atoms with van der Waals surface area (Å²) < 4.78 is 13.4. The molecule has 6 heteroatoms. The number of aromatic hydroxyl groups is 1.